The van der Waals surface area contributed by atoms with Crippen molar-refractivity contribution in [2.24, 2.45) is 0 Å². The van der Waals surface area contributed by atoms with Gasteiger partial charge >= 0.3 is 0 Å². The van der Waals surface area contributed by atoms with E-state index in [2.05, 4.69) is 179 Å². The van der Waals surface area contributed by atoms with Crippen molar-refractivity contribution in [3.63, 3.8) is 0 Å². The minimum atomic E-state index is 0.654. The van der Waals surface area contributed by atoms with Gasteiger partial charge in [-0.25, -0.2) is 9.97 Å². The lowest BCUT2D eigenvalue weighted by Crippen LogP contribution is -2.18. The molecule has 8 aromatic carbocycles. The summed E-state index contributed by atoms with van der Waals surface area (Å²) in [4.78, 5) is 13.2. The monoisotopic (exact) mass is 636 g/mol. The number of rotatable bonds is 3. The smallest absolute Gasteiger partial charge is 0.235 e. The van der Waals surface area contributed by atoms with Crippen LogP contribution in [0.4, 0.5) is 17.3 Å². The predicted molar refractivity (Wildman–Crippen MR) is 208 cm³/mol. The van der Waals surface area contributed by atoms with Gasteiger partial charge in [0.05, 0.1) is 33.6 Å². The van der Waals surface area contributed by atoms with Gasteiger partial charge < -0.3 is 4.57 Å². The molecule has 0 saturated carbocycles. The average Bonchev–Trinajstić information content (AvgIpc) is 3.52. The second-order valence-electron chi connectivity index (χ2n) is 13.0. The van der Waals surface area contributed by atoms with Crippen molar-refractivity contribution in [2.45, 2.75) is 0 Å². The molecule has 0 saturated heterocycles. The maximum atomic E-state index is 5.58. The molecule has 4 heteroatoms. The molecule has 0 amide bonds. The van der Waals surface area contributed by atoms with E-state index in [1.807, 2.05) is 0 Å². The molecule has 11 rings (SSSR count). The van der Waals surface area contributed by atoms with Crippen LogP contribution in [0.25, 0.3) is 82.3 Å². The molecule has 2 aromatic heterocycles. The highest BCUT2D eigenvalue weighted by molar-refractivity contribution is 6.18. The fraction of sp³-hybridized carbons (Fsp3) is 0. The highest BCUT2D eigenvalue weighted by atomic mass is 15.3. The number of fused-ring (bicyclic) bond motifs is 7. The van der Waals surface area contributed by atoms with Gasteiger partial charge in [-0.05, 0) is 70.3 Å². The van der Waals surface area contributed by atoms with Crippen LogP contribution in [0.5, 0.6) is 0 Å². The fourth-order valence-corrected chi connectivity index (χ4v) is 8.15. The third-order valence-electron chi connectivity index (χ3n) is 10.3. The van der Waals surface area contributed by atoms with Gasteiger partial charge in [0, 0.05) is 38.4 Å². The first-order valence-corrected chi connectivity index (χ1v) is 17.0. The molecule has 0 N–H and O–H groups in total. The third-order valence-corrected chi connectivity index (χ3v) is 10.3. The predicted octanol–water partition coefficient (Wildman–Crippen LogP) is 12.2. The second-order valence-corrected chi connectivity index (χ2v) is 13.0. The van der Waals surface area contributed by atoms with Gasteiger partial charge in [0.2, 0.25) is 5.95 Å². The zero-order valence-corrected chi connectivity index (χ0v) is 27.0. The lowest BCUT2D eigenvalue weighted by Gasteiger charge is -2.32. The highest BCUT2D eigenvalue weighted by Crippen LogP contribution is 2.52. The minimum Gasteiger partial charge on any atom is -0.309 e. The Bertz CT molecular complexity index is 2990. The number of para-hydroxylation sites is 3. The molecule has 0 bridgehead atoms. The van der Waals surface area contributed by atoms with E-state index >= 15 is 0 Å². The highest BCUT2D eigenvalue weighted by Gasteiger charge is 2.29. The van der Waals surface area contributed by atoms with Crippen molar-refractivity contribution in [3.05, 3.63) is 170 Å². The Balaban J connectivity index is 1.24. The molecule has 0 spiro atoms. The summed E-state index contributed by atoms with van der Waals surface area (Å²) in [5.41, 5.74) is 10.9. The molecule has 0 aliphatic carbocycles. The van der Waals surface area contributed by atoms with Gasteiger partial charge in [-0.1, -0.05) is 121 Å². The van der Waals surface area contributed by atoms with Crippen molar-refractivity contribution in [3.8, 4) is 28.1 Å². The van der Waals surface area contributed by atoms with Gasteiger partial charge in [0.25, 0.3) is 0 Å². The molecule has 4 nitrogen and oxygen atoms in total. The zero-order valence-electron chi connectivity index (χ0n) is 27.0. The lowest BCUT2D eigenvalue weighted by molar-refractivity contribution is 1.12. The normalized spacial score (nSPS) is 12.4. The van der Waals surface area contributed by atoms with Gasteiger partial charge in [0.15, 0.2) is 0 Å². The Kier molecular flexibility index (Phi) is 5.63. The van der Waals surface area contributed by atoms with Crippen LogP contribution in [0.15, 0.2) is 170 Å². The van der Waals surface area contributed by atoms with E-state index in [4.69, 9.17) is 9.97 Å². The molecule has 0 fully saturated rings. The van der Waals surface area contributed by atoms with Crippen LogP contribution in [0, 0.1) is 0 Å². The molecule has 50 heavy (non-hydrogen) atoms. The topological polar surface area (TPSA) is 34.0 Å². The van der Waals surface area contributed by atoms with E-state index < -0.39 is 0 Å². The summed E-state index contributed by atoms with van der Waals surface area (Å²) in [5.74, 6) is 0.654. The van der Waals surface area contributed by atoms with E-state index in [1.54, 1.807) is 0 Å². The number of benzene rings is 8. The quantitative estimate of drug-likeness (QED) is 0.193. The van der Waals surface area contributed by atoms with E-state index in [1.165, 1.54) is 49.0 Å². The Morgan fingerprint density at radius 1 is 0.400 bits per heavy atom. The van der Waals surface area contributed by atoms with Crippen molar-refractivity contribution in [1.29, 1.82) is 0 Å². The van der Waals surface area contributed by atoms with Crippen LogP contribution in [-0.2, 0) is 0 Å². The third kappa shape index (κ3) is 3.81. The lowest BCUT2D eigenvalue weighted by atomic mass is 9.89. The number of anilines is 3. The molecule has 0 radical (unpaired) electrons. The molecular weight excluding hydrogens is 609 g/mol. The first-order chi connectivity index (χ1) is 24.8. The molecule has 0 unspecified atom stereocenters. The Morgan fingerprint density at radius 2 is 1.06 bits per heavy atom. The summed E-state index contributed by atoms with van der Waals surface area (Å²) in [6.07, 6.45) is 0. The van der Waals surface area contributed by atoms with Crippen LogP contribution in [0.3, 0.4) is 0 Å². The summed E-state index contributed by atoms with van der Waals surface area (Å²) in [7, 11) is 0. The van der Waals surface area contributed by atoms with Crippen molar-refractivity contribution < 1.29 is 0 Å². The Morgan fingerprint density at radius 3 is 1.94 bits per heavy atom. The number of hydrogen-bond acceptors (Lipinski definition) is 3. The molecule has 1 aliphatic heterocycles. The molecule has 3 heterocycles. The van der Waals surface area contributed by atoms with E-state index in [-0.39, 0.29) is 0 Å². The fourth-order valence-electron chi connectivity index (χ4n) is 8.15. The van der Waals surface area contributed by atoms with Crippen LogP contribution >= 0.6 is 0 Å². The second kappa shape index (κ2) is 10.4. The molecule has 10 aromatic rings. The molecular formula is C46H28N4. The summed E-state index contributed by atoms with van der Waals surface area (Å²) in [6, 6.07) is 60.7. The first kappa shape index (κ1) is 27.2. The van der Waals surface area contributed by atoms with Gasteiger partial charge in [0.1, 0.15) is 0 Å². The summed E-state index contributed by atoms with van der Waals surface area (Å²) in [6.45, 7) is 0. The first-order valence-electron chi connectivity index (χ1n) is 17.0. The van der Waals surface area contributed by atoms with E-state index in [0.29, 0.717) is 5.95 Å². The van der Waals surface area contributed by atoms with Crippen LogP contribution in [-0.4, -0.2) is 14.5 Å². The average molecular weight is 637 g/mol. The maximum Gasteiger partial charge on any atom is 0.235 e. The van der Waals surface area contributed by atoms with Crippen LogP contribution in [0.2, 0.25) is 0 Å². The van der Waals surface area contributed by atoms with Gasteiger partial charge in [-0.3, -0.25) is 4.90 Å². The molecule has 232 valence electrons. The summed E-state index contributed by atoms with van der Waals surface area (Å²) < 4.78 is 2.36. The summed E-state index contributed by atoms with van der Waals surface area (Å²) in [5, 5.41) is 8.20. The Hall–Kier alpha value is -6.78. The molecule has 1 aliphatic rings. The number of hydrogen-bond donors (Lipinski definition) is 0. The van der Waals surface area contributed by atoms with Crippen molar-refractivity contribution in [1.82, 2.24) is 14.5 Å². The van der Waals surface area contributed by atoms with Crippen LogP contribution in [0.1, 0.15) is 0 Å². The zero-order chi connectivity index (χ0) is 32.8. The van der Waals surface area contributed by atoms with Crippen molar-refractivity contribution >= 4 is 71.6 Å². The van der Waals surface area contributed by atoms with Crippen molar-refractivity contribution in [2.75, 3.05) is 4.90 Å². The van der Waals surface area contributed by atoms with Gasteiger partial charge in [-0.2, -0.15) is 0 Å². The number of aromatic nitrogens is 3. The van der Waals surface area contributed by atoms with E-state index in [9.17, 15) is 0 Å². The standard InChI is InChI=1S/C46H28N4/c1-2-17-32(18-3-1)49-39-24-9-7-20-35(39)44-36(22-12-26-41(44)49)45-34-19-6-8-23-38(34)47-46(48-45)50-40-25-11-16-29-15-10-21-33(43(29)40)37-27-30-13-4-5-14-31(30)28-42(37)50/h1-28H. The SMILES string of the molecule is c1ccc(-n2c3ccccc3c3c(-c4nc(N5c6cc7ccccc7cc6-c6cccc7cccc5c67)nc5ccccc45)cccc32)cc1. The minimum absolute atomic E-state index is 0.654. The number of nitrogens with zero attached hydrogens (tertiary/aromatic N) is 4. The maximum absolute atomic E-state index is 5.58. The van der Waals surface area contributed by atoms with E-state index in [0.717, 1.165) is 44.7 Å². The molecule has 0 atom stereocenters. The Labute approximate surface area is 288 Å². The van der Waals surface area contributed by atoms with Crippen LogP contribution < -0.4 is 4.90 Å². The largest absolute Gasteiger partial charge is 0.309 e. The summed E-state index contributed by atoms with van der Waals surface area (Å²) >= 11 is 0. The van der Waals surface area contributed by atoms with Gasteiger partial charge in [-0.15, -0.1) is 0 Å².